The SMILES string of the molecule is CNCc1ccc(NC(=O)C=Cc2ccc(-c3ccc(Cl)cc3)cn2)cc1. The Bertz CT molecular complexity index is 917. The summed E-state index contributed by atoms with van der Waals surface area (Å²) >= 11 is 5.91. The smallest absolute Gasteiger partial charge is 0.248 e. The van der Waals surface area contributed by atoms with Crippen LogP contribution in [0.1, 0.15) is 11.3 Å². The number of carbonyl (C=O) groups is 1. The fourth-order valence-corrected chi connectivity index (χ4v) is 2.70. The molecule has 0 bridgehead atoms. The van der Waals surface area contributed by atoms with Gasteiger partial charge in [-0.15, -0.1) is 0 Å². The maximum atomic E-state index is 12.1. The quantitative estimate of drug-likeness (QED) is 0.608. The van der Waals surface area contributed by atoms with Gasteiger partial charge in [0, 0.05) is 35.1 Å². The van der Waals surface area contributed by atoms with E-state index in [-0.39, 0.29) is 5.91 Å². The van der Waals surface area contributed by atoms with Gasteiger partial charge < -0.3 is 10.6 Å². The van der Waals surface area contributed by atoms with E-state index in [2.05, 4.69) is 15.6 Å². The van der Waals surface area contributed by atoms with E-state index in [1.54, 1.807) is 12.3 Å². The number of pyridine rings is 1. The van der Waals surface area contributed by atoms with Gasteiger partial charge in [0.1, 0.15) is 0 Å². The number of aromatic nitrogens is 1. The Balaban J connectivity index is 1.59. The molecule has 3 rings (SSSR count). The van der Waals surface area contributed by atoms with Gasteiger partial charge in [-0.05, 0) is 54.6 Å². The molecular weight excluding hydrogens is 358 g/mol. The van der Waals surface area contributed by atoms with Gasteiger partial charge in [-0.1, -0.05) is 41.9 Å². The molecule has 27 heavy (non-hydrogen) atoms. The number of hydrogen-bond donors (Lipinski definition) is 2. The summed E-state index contributed by atoms with van der Waals surface area (Å²) in [6, 6.07) is 19.2. The van der Waals surface area contributed by atoms with Crippen LogP contribution < -0.4 is 10.6 Å². The number of rotatable bonds is 6. The highest BCUT2D eigenvalue weighted by atomic mass is 35.5. The van der Waals surface area contributed by atoms with Crippen molar-refractivity contribution in [2.45, 2.75) is 6.54 Å². The molecule has 0 fully saturated rings. The first kappa shape index (κ1) is 18.8. The highest BCUT2D eigenvalue weighted by molar-refractivity contribution is 6.30. The summed E-state index contributed by atoms with van der Waals surface area (Å²) in [7, 11) is 1.90. The average molecular weight is 378 g/mol. The third-order valence-electron chi connectivity index (χ3n) is 3.97. The van der Waals surface area contributed by atoms with Crippen molar-refractivity contribution in [2.75, 3.05) is 12.4 Å². The van der Waals surface area contributed by atoms with Gasteiger partial charge in [0.2, 0.25) is 5.91 Å². The predicted molar refractivity (Wildman–Crippen MR) is 112 cm³/mol. The van der Waals surface area contributed by atoms with E-state index in [0.29, 0.717) is 10.7 Å². The minimum atomic E-state index is -0.194. The Morgan fingerprint density at radius 2 is 1.70 bits per heavy atom. The summed E-state index contributed by atoms with van der Waals surface area (Å²) in [6.07, 6.45) is 4.95. The molecule has 5 heteroatoms. The van der Waals surface area contributed by atoms with Crippen molar-refractivity contribution >= 4 is 29.3 Å². The molecule has 2 N–H and O–H groups in total. The first-order chi connectivity index (χ1) is 13.1. The Morgan fingerprint density at radius 3 is 2.33 bits per heavy atom. The molecule has 0 unspecified atom stereocenters. The lowest BCUT2D eigenvalue weighted by Crippen LogP contribution is -2.08. The first-order valence-corrected chi connectivity index (χ1v) is 8.96. The van der Waals surface area contributed by atoms with Crippen LogP contribution in [0.5, 0.6) is 0 Å². The van der Waals surface area contributed by atoms with Gasteiger partial charge in [0.15, 0.2) is 0 Å². The van der Waals surface area contributed by atoms with Crippen LogP contribution in [0, 0.1) is 0 Å². The average Bonchev–Trinajstić information content (AvgIpc) is 2.69. The molecule has 0 atom stereocenters. The number of amides is 1. The molecule has 1 heterocycles. The zero-order valence-electron chi connectivity index (χ0n) is 14.9. The van der Waals surface area contributed by atoms with E-state index in [1.165, 1.54) is 6.08 Å². The van der Waals surface area contributed by atoms with Crippen LogP contribution in [0.15, 0.2) is 72.9 Å². The summed E-state index contributed by atoms with van der Waals surface area (Å²) in [5, 5.41) is 6.63. The van der Waals surface area contributed by atoms with Crippen molar-refractivity contribution in [3.63, 3.8) is 0 Å². The van der Waals surface area contributed by atoms with E-state index in [4.69, 9.17) is 11.6 Å². The fraction of sp³-hybridized carbons (Fsp3) is 0.0909. The number of anilines is 1. The zero-order valence-corrected chi connectivity index (χ0v) is 15.7. The molecule has 3 aromatic rings. The van der Waals surface area contributed by atoms with Crippen molar-refractivity contribution < 1.29 is 4.79 Å². The lowest BCUT2D eigenvalue weighted by atomic mass is 10.1. The zero-order chi connectivity index (χ0) is 19.1. The fourth-order valence-electron chi connectivity index (χ4n) is 2.57. The first-order valence-electron chi connectivity index (χ1n) is 8.58. The van der Waals surface area contributed by atoms with Gasteiger partial charge in [-0.25, -0.2) is 0 Å². The van der Waals surface area contributed by atoms with Gasteiger partial charge >= 0.3 is 0 Å². The normalized spacial score (nSPS) is 10.9. The minimum absolute atomic E-state index is 0.194. The van der Waals surface area contributed by atoms with Crippen molar-refractivity contribution in [1.82, 2.24) is 10.3 Å². The van der Waals surface area contributed by atoms with Crippen LogP contribution >= 0.6 is 11.6 Å². The third-order valence-corrected chi connectivity index (χ3v) is 4.22. The van der Waals surface area contributed by atoms with E-state index in [9.17, 15) is 4.79 Å². The molecule has 0 radical (unpaired) electrons. The highest BCUT2D eigenvalue weighted by Crippen LogP contribution is 2.21. The van der Waals surface area contributed by atoms with E-state index in [1.807, 2.05) is 67.7 Å². The van der Waals surface area contributed by atoms with Crippen LogP contribution in [0.25, 0.3) is 17.2 Å². The highest BCUT2D eigenvalue weighted by Gasteiger charge is 2.01. The second kappa shape index (κ2) is 9.12. The molecule has 1 aromatic heterocycles. The minimum Gasteiger partial charge on any atom is -0.323 e. The van der Waals surface area contributed by atoms with Crippen molar-refractivity contribution in [3.05, 3.63) is 89.2 Å². The molecule has 0 aliphatic rings. The van der Waals surface area contributed by atoms with Gasteiger partial charge in [-0.3, -0.25) is 9.78 Å². The van der Waals surface area contributed by atoms with E-state index < -0.39 is 0 Å². The number of nitrogens with zero attached hydrogens (tertiary/aromatic N) is 1. The number of carbonyl (C=O) groups excluding carboxylic acids is 1. The third kappa shape index (κ3) is 5.51. The van der Waals surface area contributed by atoms with Gasteiger partial charge in [0.25, 0.3) is 0 Å². The van der Waals surface area contributed by atoms with Crippen LogP contribution in [-0.4, -0.2) is 17.9 Å². The number of halogens is 1. The number of benzene rings is 2. The summed E-state index contributed by atoms with van der Waals surface area (Å²) in [5.41, 5.74) is 4.68. The maximum absolute atomic E-state index is 12.1. The summed E-state index contributed by atoms with van der Waals surface area (Å²) in [6.45, 7) is 0.797. The molecule has 1 amide bonds. The second-order valence-electron chi connectivity index (χ2n) is 6.03. The van der Waals surface area contributed by atoms with Crippen molar-refractivity contribution in [1.29, 1.82) is 0 Å². The largest absolute Gasteiger partial charge is 0.323 e. The molecule has 0 saturated heterocycles. The lowest BCUT2D eigenvalue weighted by Gasteiger charge is -2.04. The van der Waals surface area contributed by atoms with Crippen LogP contribution in [0.4, 0.5) is 5.69 Å². The summed E-state index contributed by atoms with van der Waals surface area (Å²) < 4.78 is 0. The Labute approximate surface area is 163 Å². The van der Waals surface area contributed by atoms with Gasteiger partial charge in [-0.2, -0.15) is 0 Å². The van der Waals surface area contributed by atoms with Crippen molar-refractivity contribution in [2.24, 2.45) is 0 Å². The van der Waals surface area contributed by atoms with E-state index >= 15 is 0 Å². The predicted octanol–water partition coefficient (Wildman–Crippen LogP) is 4.77. The molecule has 0 aliphatic carbocycles. The van der Waals surface area contributed by atoms with Crippen LogP contribution in [-0.2, 0) is 11.3 Å². The molecule has 0 saturated carbocycles. The summed E-state index contributed by atoms with van der Waals surface area (Å²) in [4.78, 5) is 16.4. The molecule has 0 aliphatic heterocycles. The maximum Gasteiger partial charge on any atom is 0.248 e. The second-order valence-corrected chi connectivity index (χ2v) is 6.46. The Hall–Kier alpha value is -2.95. The molecule has 0 spiro atoms. The standard InChI is InChI=1S/C22H20ClN3O/c1-24-14-16-2-9-21(10-3-16)26-22(27)13-12-20-11-6-18(15-25-20)17-4-7-19(23)8-5-17/h2-13,15,24H,14H2,1H3,(H,26,27). The molecule has 4 nitrogen and oxygen atoms in total. The van der Waals surface area contributed by atoms with Gasteiger partial charge in [0.05, 0.1) is 5.69 Å². The Kier molecular flexibility index (Phi) is 6.36. The molecule has 136 valence electrons. The lowest BCUT2D eigenvalue weighted by molar-refractivity contribution is -0.111. The Morgan fingerprint density at radius 1 is 1.00 bits per heavy atom. The number of hydrogen-bond acceptors (Lipinski definition) is 3. The van der Waals surface area contributed by atoms with Crippen molar-refractivity contribution in [3.8, 4) is 11.1 Å². The van der Waals surface area contributed by atoms with Crippen LogP contribution in [0.2, 0.25) is 5.02 Å². The molecule has 2 aromatic carbocycles. The monoisotopic (exact) mass is 377 g/mol. The number of nitrogens with one attached hydrogen (secondary N) is 2. The van der Waals surface area contributed by atoms with Crippen LogP contribution in [0.3, 0.4) is 0 Å². The van der Waals surface area contributed by atoms with E-state index in [0.717, 1.165) is 28.9 Å². The summed E-state index contributed by atoms with van der Waals surface area (Å²) in [5.74, 6) is -0.194. The molecular formula is C22H20ClN3O. The topological polar surface area (TPSA) is 54.0 Å².